The van der Waals surface area contributed by atoms with E-state index < -0.39 is 0 Å². The molecule has 0 unspecified atom stereocenters. The van der Waals surface area contributed by atoms with Gasteiger partial charge >= 0.3 is 0 Å². The second kappa shape index (κ2) is 9.85. The van der Waals surface area contributed by atoms with Crippen molar-refractivity contribution in [3.8, 4) is 5.69 Å². The molecule has 1 amide bonds. The summed E-state index contributed by atoms with van der Waals surface area (Å²) in [6.07, 6.45) is 1.81. The molecule has 148 valence electrons. The van der Waals surface area contributed by atoms with Crippen LogP contribution in [0, 0.1) is 5.82 Å². The molecule has 0 fully saturated rings. The number of nitrogens with one attached hydrogen (secondary N) is 1. The molecule has 8 heteroatoms. The van der Waals surface area contributed by atoms with E-state index in [1.807, 2.05) is 30.5 Å². The maximum Gasteiger partial charge on any atom is 0.230 e. The smallest absolute Gasteiger partial charge is 0.230 e. The van der Waals surface area contributed by atoms with E-state index >= 15 is 0 Å². The van der Waals surface area contributed by atoms with E-state index in [9.17, 15) is 9.18 Å². The third kappa shape index (κ3) is 5.52. The number of amides is 1. The first-order chi connectivity index (χ1) is 12.9. The normalized spacial score (nSPS) is 12.6. The van der Waals surface area contributed by atoms with Crippen molar-refractivity contribution in [1.82, 2.24) is 25.0 Å². The molecule has 1 N–H and O–H groups in total. The van der Waals surface area contributed by atoms with E-state index in [0.717, 1.165) is 24.4 Å². The van der Waals surface area contributed by atoms with Crippen molar-refractivity contribution in [2.75, 3.05) is 19.8 Å². The van der Waals surface area contributed by atoms with Crippen molar-refractivity contribution in [2.24, 2.45) is 0 Å². The Bertz CT molecular complexity index is 743. The van der Waals surface area contributed by atoms with Gasteiger partial charge in [-0.1, -0.05) is 25.6 Å². The molecule has 0 radical (unpaired) electrons. The molecule has 0 saturated carbocycles. The third-order valence-electron chi connectivity index (χ3n) is 4.57. The predicted octanol–water partition coefficient (Wildman–Crippen LogP) is 3.43. The van der Waals surface area contributed by atoms with Gasteiger partial charge in [0.25, 0.3) is 0 Å². The van der Waals surface area contributed by atoms with Crippen molar-refractivity contribution < 1.29 is 9.18 Å². The number of aromatic nitrogens is 3. The average Bonchev–Trinajstić information content (AvgIpc) is 3.08. The lowest BCUT2D eigenvalue weighted by Gasteiger charge is -2.20. The van der Waals surface area contributed by atoms with Crippen molar-refractivity contribution in [3.05, 3.63) is 35.9 Å². The SMILES string of the molecule is CCC(CC)NC(=O)CSc1nnc([C@H](C)N(C)C)n1-c1ccc(F)cc1. The zero-order valence-corrected chi connectivity index (χ0v) is 17.4. The van der Waals surface area contributed by atoms with Crippen LogP contribution in [0.3, 0.4) is 0 Å². The fourth-order valence-electron chi connectivity index (χ4n) is 2.60. The standard InChI is InChI=1S/C19H28FN5OS/c1-6-15(7-2)21-17(26)12-27-19-23-22-18(13(3)24(4)5)25(19)16-10-8-14(20)9-11-16/h8-11,13,15H,6-7,12H2,1-5H3,(H,21,26)/t13-/m0/s1. The topological polar surface area (TPSA) is 63.1 Å². The number of carbonyl (C=O) groups excluding carboxylic acids is 1. The molecule has 0 aliphatic carbocycles. The first kappa shape index (κ1) is 21.4. The Kier molecular flexibility index (Phi) is 7.79. The fraction of sp³-hybridized carbons (Fsp3) is 0.526. The molecule has 0 spiro atoms. The van der Waals surface area contributed by atoms with E-state index in [4.69, 9.17) is 0 Å². The summed E-state index contributed by atoms with van der Waals surface area (Å²) in [6.45, 7) is 6.14. The van der Waals surface area contributed by atoms with Crippen molar-refractivity contribution in [2.45, 2.75) is 50.9 Å². The summed E-state index contributed by atoms with van der Waals surface area (Å²) >= 11 is 1.33. The number of nitrogens with zero attached hydrogens (tertiary/aromatic N) is 4. The third-order valence-corrected chi connectivity index (χ3v) is 5.50. The van der Waals surface area contributed by atoms with Crippen LogP contribution < -0.4 is 5.32 Å². The summed E-state index contributed by atoms with van der Waals surface area (Å²) in [5.74, 6) is 0.679. The number of thioether (sulfide) groups is 1. The van der Waals surface area contributed by atoms with Gasteiger partial charge in [0.2, 0.25) is 5.91 Å². The van der Waals surface area contributed by atoms with Crippen LogP contribution >= 0.6 is 11.8 Å². The van der Waals surface area contributed by atoms with Crippen LogP contribution in [0.4, 0.5) is 4.39 Å². The van der Waals surface area contributed by atoms with Crippen LogP contribution in [0.15, 0.2) is 29.4 Å². The summed E-state index contributed by atoms with van der Waals surface area (Å²) in [4.78, 5) is 14.3. The lowest BCUT2D eigenvalue weighted by Crippen LogP contribution is -2.35. The highest BCUT2D eigenvalue weighted by Gasteiger charge is 2.21. The number of benzene rings is 1. The molecule has 1 atom stereocenters. The average molecular weight is 394 g/mol. The molecule has 27 heavy (non-hydrogen) atoms. The Morgan fingerprint density at radius 2 is 1.85 bits per heavy atom. The van der Waals surface area contributed by atoms with E-state index in [1.165, 1.54) is 23.9 Å². The van der Waals surface area contributed by atoms with Crippen LogP contribution in [-0.2, 0) is 4.79 Å². The summed E-state index contributed by atoms with van der Waals surface area (Å²) in [7, 11) is 3.93. The Morgan fingerprint density at radius 3 is 2.41 bits per heavy atom. The van der Waals surface area contributed by atoms with Crippen LogP contribution in [-0.4, -0.2) is 51.5 Å². The van der Waals surface area contributed by atoms with E-state index in [0.29, 0.717) is 5.16 Å². The zero-order valence-electron chi connectivity index (χ0n) is 16.6. The lowest BCUT2D eigenvalue weighted by atomic mass is 10.2. The van der Waals surface area contributed by atoms with Gasteiger partial charge in [-0.25, -0.2) is 4.39 Å². The second-order valence-electron chi connectivity index (χ2n) is 6.66. The quantitative estimate of drug-likeness (QED) is 0.662. The maximum atomic E-state index is 13.4. The molecule has 1 aromatic carbocycles. The van der Waals surface area contributed by atoms with Crippen molar-refractivity contribution >= 4 is 17.7 Å². The van der Waals surface area contributed by atoms with E-state index in [1.54, 1.807) is 12.1 Å². The molecule has 0 aliphatic rings. The molecule has 0 saturated heterocycles. The van der Waals surface area contributed by atoms with Gasteiger partial charge in [-0.05, 0) is 58.1 Å². The van der Waals surface area contributed by atoms with Gasteiger partial charge in [0, 0.05) is 11.7 Å². The molecule has 1 aromatic heterocycles. The minimum absolute atomic E-state index is 0.00953. The van der Waals surface area contributed by atoms with Gasteiger partial charge in [-0.3, -0.25) is 14.3 Å². The van der Waals surface area contributed by atoms with Crippen LogP contribution in [0.1, 0.15) is 45.5 Å². The summed E-state index contributed by atoms with van der Waals surface area (Å²) in [5, 5.41) is 12.3. The van der Waals surface area contributed by atoms with Crippen LogP contribution in [0.2, 0.25) is 0 Å². The van der Waals surface area contributed by atoms with Gasteiger partial charge in [0.15, 0.2) is 11.0 Å². The zero-order chi connectivity index (χ0) is 20.0. The van der Waals surface area contributed by atoms with Crippen LogP contribution in [0.5, 0.6) is 0 Å². The minimum Gasteiger partial charge on any atom is -0.353 e. The highest BCUT2D eigenvalue weighted by Crippen LogP contribution is 2.26. The largest absolute Gasteiger partial charge is 0.353 e. The van der Waals surface area contributed by atoms with Gasteiger partial charge in [0.05, 0.1) is 11.8 Å². The second-order valence-corrected chi connectivity index (χ2v) is 7.60. The van der Waals surface area contributed by atoms with Crippen LogP contribution in [0.25, 0.3) is 5.69 Å². The van der Waals surface area contributed by atoms with E-state index in [2.05, 4.69) is 29.4 Å². The Labute approximate surface area is 164 Å². The Balaban J connectivity index is 2.25. The van der Waals surface area contributed by atoms with Crippen molar-refractivity contribution in [1.29, 1.82) is 0 Å². The van der Waals surface area contributed by atoms with Crippen molar-refractivity contribution in [3.63, 3.8) is 0 Å². The highest BCUT2D eigenvalue weighted by molar-refractivity contribution is 7.99. The molecule has 0 aliphatic heterocycles. The van der Waals surface area contributed by atoms with Gasteiger partial charge < -0.3 is 5.32 Å². The number of carbonyl (C=O) groups is 1. The molecule has 2 aromatic rings. The Hall–Kier alpha value is -1.93. The lowest BCUT2D eigenvalue weighted by molar-refractivity contribution is -0.119. The molecular weight excluding hydrogens is 365 g/mol. The first-order valence-corrected chi connectivity index (χ1v) is 10.2. The molecular formula is C19H28FN5OS. The van der Waals surface area contributed by atoms with Gasteiger partial charge in [0.1, 0.15) is 5.82 Å². The van der Waals surface area contributed by atoms with E-state index in [-0.39, 0.29) is 29.6 Å². The van der Waals surface area contributed by atoms with Gasteiger partial charge in [-0.15, -0.1) is 10.2 Å². The molecule has 2 rings (SSSR count). The summed E-state index contributed by atoms with van der Waals surface area (Å²) in [5.41, 5.74) is 0.771. The first-order valence-electron chi connectivity index (χ1n) is 9.17. The number of halogens is 1. The monoisotopic (exact) mass is 393 g/mol. The fourth-order valence-corrected chi connectivity index (χ4v) is 3.37. The molecule has 0 bridgehead atoms. The molecule has 6 nitrogen and oxygen atoms in total. The number of hydrogen-bond donors (Lipinski definition) is 1. The summed E-state index contributed by atoms with van der Waals surface area (Å²) in [6, 6.07) is 6.41. The molecule has 1 heterocycles. The minimum atomic E-state index is -0.298. The van der Waals surface area contributed by atoms with Gasteiger partial charge in [-0.2, -0.15) is 0 Å². The highest BCUT2D eigenvalue weighted by atomic mass is 32.2. The Morgan fingerprint density at radius 1 is 1.22 bits per heavy atom. The number of hydrogen-bond acceptors (Lipinski definition) is 5. The summed E-state index contributed by atoms with van der Waals surface area (Å²) < 4.78 is 15.2. The number of rotatable bonds is 9. The predicted molar refractivity (Wildman–Crippen MR) is 107 cm³/mol. The maximum absolute atomic E-state index is 13.4.